The first kappa shape index (κ1) is 32.5. The number of carbonyl (C=O) groups excluding carboxylic acids is 3. The summed E-state index contributed by atoms with van der Waals surface area (Å²) in [4.78, 5) is 40.7. The van der Waals surface area contributed by atoms with Gasteiger partial charge in [-0.1, -0.05) is 13.8 Å². The van der Waals surface area contributed by atoms with Crippen molar-refractivity contribution in [2.24, 2.45) is 40.7 Å². The third-order valence-electron chi connectivity index (χ3n) is 11.8. The number of fused-ring (bicyclic) bond motifs is 5. The molecule has 0 saturated heterocycles. The summed E-state index contributed by atoms with van der Waals surface area (Å²) in [6.07, 6.45) is -2.42. The number of ketones is 2. The van der Waals surface area contributed by atoms with Crippen LogP contribution in [0.2, 0.25) is 0 Å². The molecule has 0 heterocycles. The number of aliphatic hydroxyl groups is 3. The number of primary amides is 1. The quantitative estimate of drug-likeness (QED) is 0.254. The fourth-order valence-corrected chi connectivity index (χ4v) is 9.48. The molecule has 7 N–H and O–H groups in total. The topological polar surface area (TPSA) is 173 Å². The van der Waals surface area contributed by atoms with Crippen molar-refractivity contribution in [1.82, 2.24) is 10.2 Å². The standard InChI is InChI=1S/C33H40F3N3O7/c1-31(2)16-6-5-13(18(31)10-16)11-38-12-15-9-20(40)22-17(24(15)33(34,35)36)7-14-8-19-25(39(3)4)27(42)23(30(37)45)29(44)32(19,46)28(43)21(14)26(22)41/h9,13-14,16,18-19,25,38,40-41,44,46H,5-8,10-12H2,1-4H3,(H2,37,45)/t13-,14+,16?,18?,19+,25+,32+/m1/s1. The molecule has 46 heavy (non-hydrogen) atoms. The summed E-state index contributed by atoms with van der Waals surface area (Å²) in [6.45, 7) is 4.82. The molecule has 0 spiro atoms. The van der Waals surface area contributed by atoms with Crippen LogP contribution in [0.1, 0.15) is 61.8 Å². The zero-order valence-electron chi connectivity index (χ0n) is 26.2. The van der Waals surface area contributed by atoms with E-state index in [9.17, 15) is 48.0 Å². The fourth-order valence-electron chi connectivity index (χ4n) is 9.48. The van der Waals surface area contributed by atoms with Crippen LogP contribution in [0.25, 0.3) is 5.76 Å². The number of aromatic hydroxyl groups is 1. The molecule has 0 aromatic heterocycles. The van der Waals surface area contributed by atoms with E-state index in [0.29, 0.717) is 24.3 Å². The number of phenolic OH excluding ortho intramolecular Hbond substituents is 1. The zero-order chi connectivity index (χ0) is 33.8. The van der Waals surface area contributed by atoms with E-state index in [1.54, 1.807) is 0 Å². The van der Waals surface area contributed by atoms with E-state index in [2.05, 4.69) is 19.2 Å². The molecule has 2 bridgehead atoms. The van der Waals surface area contributed by atoms with Crippen molar-refractivity contribution in [3.05, 3.63) is 45.2 Å². The van der Waals surface area contributed by atoms with Gasteiger partial charge >= 0.3 is 6.18 Å². The van der Waals surface area contributed by atoms with Crippen LogP contribution in [-0.2, 0) is 33.5 Å². The fraction of sp³-hybridized carbons (Fsp3) is 0.606. The van der Waals surface area contributed by atoms with Crippen molar-refractivity contribution in [3.8, 4) is 5.75 Å². The first-order valence-corrected chi connectivity index (χ1v) is 15.6. The Labute approximate surface area is 264 Å². The highest BCUT2D eigenvalue weighted by Crippen LogP contribution is 2.61. The molecule has 6 aliphatic carbocycles. The summed E-state index contributed by atoms with van der Waals surface area (Å²) in [5, 5.41) is 48.2. The third kappa shape index (κ3) is 4.45. The van der Waals surface area contributed by atoms with Crippen LogP contribution in [0, 0.1) is 35.0 Å². The summed E-state index contributed by atoms with van der Waals surface area (Å²) < 4.78 is 44.5. The van der Waals surface area contributed by atoms with Crippen LogP contribution in [0.4, 0.5) is 13.2 Å². The number of hydrogen-bond acceptors (Lipinski definition) is 9. The van der Waals surface area contributed by atoms with E-state index < -0.39 is 98.7 Å². The van der Waals surface area contributed by atoms with Crippen molar-refractivity contribution >= 4 is 23.2 Å². The lowest BCUT2D eigenvalue weighted by Crippen LogP contribution is -2.65. The number of alkyl halides is 3. The van der Waals surface area contributed by atoms with Crippen molar-refractivity contribution < 1.29 is 48.0 Å². The number of nitrogens with zero attached hydrogens (tertiary/aromatic N) is 1. The van der Waals surface area contributed by atoms with Gasteiger partial charge in [0.15, 0.2) is 11.4 Å². The minimum atomic E-state index is -4.88. The van der Waals surface area contributed by atoms with Crippen LogP contribution in [0.15, 0.2) is 23.0 Å². The molecule has 7 atom stereocenters. The van der Waals surface area contributed by atoms with Gasteiger partial charge in [0.1, 0.15) is 22.8 Å². The molecule has 0 aliphatic heterocycles. The van der Waals surface area contributed by atoms with E-state index in [1.165, 1.54) is 19.0 Å². The van der Waals surface area contributed by atoms with Crippen LogP contribution < -0.4 is 11.1 Å². The Bertz CT molecular complexity index is 1610. The lowest BCUT2D eigenvalue weighted by molar-refractivity contribution is -0.153. The minimum absolute atomic E-state index is 0.183. The first-order valence-electron chi connectivity index (χ1n) is 15.6. The van der Waals surface area contributed by atoms with Crippen molar-refractivity contribution in [2.45, 2.75) is 70.3 Å². The molecular weight excluding hydrogens is 607 g/mol. The predicted molar refractivity (Wildman–Crippen MR) is 159 cm³/mol. The van der Waals surface area contributed by atoms with Crippen LogP contribution in [-0.4, -0.2) is 75.1 Å². The van der Waals surface area contributed by atoms with Gasteiger partial charge in [-0.2, -0.15) is 13.2 Å². The number of halogens is 3. The summed E-state index contributed by atoms with van der Waals surface area (Å²) in [6, 6.07) is -0.399. The molecule has 2 unspecified atom stereocenters. The number of aliphatic hydroxyl groups excluding tert-OH is 2. The van der Waals surface area contributed by atoms with Crippen LogP contribution in [0.3, 0.4) is 0 Å². The van der Waals surface area contributed by atoms with Crippen LogP contribution in [0.5, 0.6) is 5.75 Å². The van der Waals surface area contributed by atoms with Gasteiger partial charge in [0.25, 0.3) is 5.91 Å². The number of nitrogens with two attached hydrogens (primary N) is 1. The number of benzene rings is 1. The summed E-state index contributed by atoms with van der Waals surface area (Å²) in [5.41, 5.74) is -1.01. The Morgan fingerprint density at radius 1 is 1.11 bits per heavy atom. The molecule has 10 nitrogen and oxygen atoms in total. The highest BCUT2D eigenvalue weighted by Gasteiger charge is 2.64. The summed E-state index contributed by atoms with van der Waals surface area (Å²) >= 11 is 0. The molecule has 1 aromatic rings. The number of hydrogen-bond donors (Lipinski definition) is 6. The highest BCUT2D eigenvalue weighted by atomic mass is 19.4. The molecule has 0 radical (unpaired) electrons. The van der Waals surface area contributed by atoms with Gasteiger partial charge in [0.2, 0.25) is 5.78 Å². The van der Waals surface area contributed by atoms with E-state index in [1.807, 2.05) is 0 Å². The molecule has 250 valence electrons. The Balaban J connectivity index is 1.40. The zero-order valence-corrected chi connectivity index (χ0v) is 26.2. The summed E-state index contributed by atoms with van der Waals surface area (Å²) in [7, 11) is 2.90. The lowest BCUT2D eigenvalue weighted by Gasteiger charge is -2.60. The molecule has 13 heteroatoms. The molecule has 7 rings (SSSR count). The molecule has 1 aromatic carbocycles. The Morgan fingerprint density at radius 3 is 2.35 bits per heavy atom. The number of carbonyl (C=O) groups is 3. The normalized spacial score (nSPS) is 33.4. The number of Topliss-reactive ketones (excluding diaryl/α,β-unsaturated/α-hetero) is 2. The average Bonchev–Trinajstić information content (AvgIpc) is 2.93. The van der Waals surface area contributed by atoms with E-state index in [4.69, 9.17) is 5.73 Å². The van der Waals surface area contributed by atoms with Gasteiger partial charge in [-0.05, 0) is 99.0 Å². The van der Waals surface area contributed by atoms with Crippen molar-refractivity contribution in [1.29, 1.82) is 0 Å². The minimum Gasteiger partial charge on any atom is -0.508 e. The van der Waals surface area contributed by atoms with Gasteiger partial charge in [-0.15, -0.1) is 0 Å². The first-order chi connectivity index (χ1) is 21.3. The number of likely N-dealkylation sites (N-methyl/N-ethyl adjacent to an activating group) is 1. The predicted octanol–water partition coefficient (Wildman–Crippen LogP) is 3.14. The maximum absolute atomic E-state index is 14.8. The molecular formula is C33H40F3N3O7. The Morgan fingerprint density at radius 2 is 1.78 bits per heavy atom. The third-order valence-corrected chi connectivity index (χ3v) is 11.8. The monoisotopic (exact) mass is 647 g/mol. The molecule has 6 aliphatic rings. The molecule has 1 amide bonds. The van der Waals surface area contributed by atoms with Gasteiger partial charge in [0, 0.05) is 18.0 Å². The Kier molecular flexibility index (Phi) is 7.45. The largest absolute Gasteiger partial charge is 0.508 e. The SMILES string of the molecule is CN(C)[C@@H]1C(=O)C(C(N)=O)=C(O)[C@@]2(O)C(=O)C3=C(O)c4c(O)cc(CNC[C@H]5CCC6CC5C6(C)C)c(C(F)(F)F)c4C[C@H]3C[C@@H]12. The summed E-state index contributed by atoms with van der Waals surface area (Å²) in [5.74, 6) is -7.47. The number of phenols is 1. The Hall–Kier alpha value is -3.42. The molecule has 4 saturated carbocycles. The van der Waals surface area contributed by atoms with E-state index in [0.717, 1.165) is 25.3 Å². The van der Waals surface area contributed by atoms with Gasteiger partial charge < -0.3 is 31.5 Å². The molecule has 4 fully saturated rings. The average molecular weight is 648 g/mol. The van der Waals surface area contributed by atoms with Gasteiger partial charge in [-0.3, -0.25) is 19.3 Å². The second kappa shape index (κ2) is 10.5. The van der Waals surface area contributed by atoms with Crippen LogP contribution >= 0.6 is 0 Å². The smallest absolute Gasteiger partial charge is 0.417 e. The number of amides is 1. The van der Waals surface area contributed by atoms with Crippen molar-refractivity contribution in [3.63, 3.8) is 0 Å². The van der Waals surface area contributed by atoms with Gasteiger partial charge in [-0.25, -0.2) is 0 Å². The highest BCUT2D eigenvalue weighted by molar-refractivity contribution is 6.24. The van der Waals surface area contributed by atoms with E-state index in [-0.39, 0.29) is 23.9 Å². The van der Waals surface area contributed by atoms with Crippen molar-refractivity contribution in [2.75, 3.05) is 20.6 Å². The number of rotatable bonds is 6. The second-order valence-corrected chi connectivity index (χ2v) is 14.6. The van der Waals surface area contributed by atoms with Gasteiger partial charge in [0.05, 0.1) is 17.2 Å². The second-order valence-electron chi connectivity index (χ2n) is 14.6. The van der Waals surface area contributed by atoms with E-state index >= 15 is 0 Å². The lowest BCUT2D eigenvalue weighted by atomic mass is 9.45. The maximum atomic E-state index is 14.8. The number of nitrogens with one attached hydrogen (secondary N) is 1. The maximum Gasteiger partial charge on any atom is 0.417 e.